The van der Waals surface area contributed by atoms with Gasteiger partial charge < -0.3 is 4.42 Å². The highest BCUT2D eigenvalue weighted by Gasteiger charge is 2.44. The van der Waals surface area contributed by atoms with E-state index < -0.39 is 16.9 Å². The van der Waals surface area contributed by atoms with Gasteiger partial charge in [-0.1, -0.05) is 22.0 Å². The maximum absolute atomic E-state index is 13.5. The molecule has 1 unspecified atom stereocenters. The molecule has 2 aromatic carbocycles. The second-order valence-electron chi connectivity index (χ2n) is 7.38. The molecule has 1 aliphatic heterocycles. The molecule has 0 fully saturated rings. The molecule has 0 saturated heterocycles. The molecule has 0 radical (unpaired) electrons. The van der Waals surface area contributed by atoms with Crippen LogP contribution in [0.2, 0.25) is 0 Å². The summed E-state index contributed by atoms with van der Waals surface area (Å²) < 4.78 is 6.60. The van der Waals surface area contributed by atoms with Crippen molar-refractivity contribution in [3.05, 3.63) is 108 Å². The second-order valence-corrected chi connectivity index (χ2v) is 8.29. The Balaban J connectivity index is 1.80. The lowest BCUT2D eigenvalue weighted by molar-refractivity contribution is -0.384. The van der Waals surface area contributed by atoms with Crippen LogP contribution >= 0.6 is 15.9 Å². The van der Waals surface area contributed by atoms with E-state index >= 15 is 0 Å². The summed E-state index contributed by atoms with van der Waals surface area (Å²) >= 11 is 3.37. The zero-order valence-corrected chi connectivity index (χ0v) is 18.2. The summed E-state index contributed by atoms with van der Waals surface area (Å²) in [5.41, 5.74) is 1.28. The molecular weight excluding hydrogens is 478 g/mol. The van der Waals surface area contributed by atoms with Gasteiger partial charge in [0, 0.05) is 22.3 Å². The number of pyridine rings is 1. The highest BCUT2D eigenvalue weighted by molar-refractivity contribution is 9.10. The SMILES string of the molecule is Cc1cccc(N2C(=O)c3oc4ccc(Br)cc4c(=O)c3C2c2ccc([N+](=O)[O-])cc2)n1. The lowest BCUT2D eigenvalue weighted by Crippen LogP contribution is -2.30. The van der Waals surface area contributed by atoms with E-state index in [1.807, 2.05) is 0 Å². The van der Waals surface area contributed by atoms with Crippen LogP contribution in [0.3, 0.4) is 0 Å². The van der Waals surface area contributed by atoms with Crippen molar-refractivity contribution in [3.8, 4) is 0 Å². The van der Waals surface area contributed by atoms with Crippen LogP contribution < -0.4 is 10.3 Å². The summed E-state index contributed by atoms with van der Waals surface area (Å²) in [4.78, 5) is 43.5. The van der Waals surface area contributed by atoms with Crippen molar-refractivity contribution in [3.63, 3.8) is 0 Å². The van der Waals surface area contributed by atoms with Crippen LogP contribution in [-0.4, -0.2) is 15.8 Å². The molecule has 3 heterocycles. The van der Waals surface area contributed by atoms with E-state index in [0.29, 0.717) is 32.5 Å². The van der Waals surface area contributed by atoms with Gasteiger partial charge in [-0.25, -0.2) is 4.98 Å². The third-order valence-corrected chi connectivity index (χ3v) is 5.87. The van der Waals surface area contributed by atoms with E-state index in [9.17, 15) is 19.7 Å². The van der Waals surface area contributed by atoms with Crippen LogP contribution in [0.4, 0.5) is 11.5 Å². The third-order valence-electron chi connectivity index (χ3n) is 5.37. The van der Waals surface area contributed by atoms with Gasteiger partial charge in [-0.2, -0.15) is 0 Å². The highest BCUT2D eigenvalue weighted by Crippen LogP contribution is 2.41. The molecule has 0 saturated carbocycles. The number of nitro groups is 1. The summed E-state index contributed by atoms with van der Waals surface area (Å²) in [6.45, 7) is 1.80. The first kappa shape index (κ1) is 20.1. The Hall–Kier alpha value is -3.85. The number of nitrogens with zero attached hydrogens (tertiary/aromatic N) is 3. The van der Waals surface area contributed by atoms with Crippen LogP contribution in [0.1, 0.15) is 33.4 Å². The standard InChI is InChI=1S/C23H14BrN3O5/c1-12-3-2-4-18(25-12)26-20(13-5-8-15(9-6-13)27(30)31)19-21(28)16-11-14(24)7-10-17(16)32-22(19)23(26)29/h2-11,20H,1H3. The van der Waals surface area contributed by atoms with Crippen LogP contribution in [0, 0.1) is 17.0 Å². The molecule has 0 bridgehead atoms. The van der Waals surface area contributed by atoms with Crippen molar-refractivity contribution in [2.75, 3.05) is 4.90 Å². The Labute approximate surface area is 189 Å². The van der Waals surface area contributed by atoms with E-state index in [2.05, 4.69) is 20.9 Å². The van der Waals surface area contributed by atoms with Crippen molar-refractivity contribution in [1.29, 1.82) is 0 Å². The molecule has 2 aromatic heterocycles. The highest BCUT2D eigenvalue weighted by atomic mass is 79.9. The number of rotatable bonds is 3. The first-order valence-electron chi connectivity index (χ1n) is 9.63. The summed E-state index contributed by atoms with van der Waals surface area (Å²) in [6.07, 6.45) is 0. The first-order chi connectivity index (χ1) is 15.3. The Bertz CT molecular complexity index is 1480. The number of hydrogen-bond acceptors (Lipinski definition) is 6. The number of carbonyl (C=O) groups excluding carboxylic acids is 1. The minimum absolute atomic E-state index is 0.0588. The summed E-state index contributed by atoms with van der Waals surface area (Å²) in [5, 5.41) is 11.4. The zero-order valence-electron chi connectivity index (χ0n) is 16.6. The number of hydrogen-bond donors (Lipinski definition) is 0. The molecule has 1 atom stereocenters. The molecule has 32 heavy (non-hydrogen) atoms. The average Bonchev–Trinajstić information content (AvgIpc) is 3.07. The fraction of sp³-hybridized carbons (Fsp3) is 0.0870. The zero-order chi connectivity index (χ0) is 22.6. The van der Waals surface area contributed by atoms with Crippen LogP contribution in [0.25, 0.3) is 11.0 Å². The summed E-state index contributed by atoms with van der Waals surface area (Å²) in [6, 6.07) is 15.2. The van der Waals surface area contributed by atoms with Crippen molar-refractivity contribution in [1.82, 2.24) is 4.98 Å². The molecule has 0 spiro atoms. The Kier molecular flexibility index (Phi) is 4.63. The predicted molar refractivity (Wildman–Crippen MR) is 121 cm³/mol. The van der Waals surface area contributed by atoms with E-state index in [-0.39, 0.29) is 22.4 Å². The van der Waals surface area contributed by atoms with Gasteiger partial charge in [0.2, 0.25) is 5.76 Å². The summed E-state index contributed by atoms with van der Waals surface area (Å²) in [5.74, 6) is -0.200. The Morgan fingerprint density at radius 3 is 2.53 bits per heavy atom. The molecule has 9 heteroatoms. The molecule has 8 nitrogen and oxygen atoms in total. The van der Waals surface area contributed by atoms with E-state index in [4.69, 9.17) is 4.42 Å². The fourth-order valence-electron chi connectivity index (χ4n) is 3.94. The number of non-ortho nitro benzene ring substituents is 1. The number of fused-ring (bicyclic) bond motifs is 2. The predicted octanol–water partition coefficient (Wildman–Crippen LogP) is 4.92. The van der Waals surface area contributed by atoms with E-state index in [0.717, 1.165) is 0 Å². The van der Waals surface area contributed by atoms with E-state index in [1.54, 1.807) is 55.5 Å². The minimum Gasteiger partial charge on any atom is -0.450 e. The molecule has 158 valence electrons. The van der Waals surface area contributed by atoms with Gasteiger partial charge in [0.1, 0.15) is 11.4 Å². The number of halogens is 1. The minimum atomic E-state index is -0.841. The van der Waals surface area contributed by atoms with Gasteiger partial charge in [0.25, 0.3) is 11.6 Å². The largest absolute Gasteiger partial charge is 0.450 e. The van der Waals surface area contributed by atoms with Crippen molar-refractivity contribution in [2.45, 2.75) is 13.0 Å². The number of aromatic nitrogens is 1. The van der Waals surface area contributed by atoms with Crippen molar-refractivity contribution >= 4 is 44.3 Å². The van der Waals surface area contributed by atoms with Crippen molar-refractivity contribution in [2.24, 2.45) is 0 Å². The number of anilines is 1. The molecular formula is C23H14BrN3O5. The number of benzene rings is 2. The molecule has 0 aliphatic carbocycles. The Morgan fingerprint density at radius 1 is 1.09 bits per heavy atom. The number of amides is 1. The quantitative estimate of drug-likeness (QED) is 0.297. The molecule has 1 aliphatic rings. The smallest absolute Gasteiger partial charge is 0.296 e. The van der Waals surface area contributed by atoms with Crippen molar-refractivity contribution < 1.29 is 14.1 Å². The monoisotopic (exact) mass is 491 g/mol. The van der Waals surface area contributed by atoms with Gasteiger partial charge in [0.15, 0.2) is 5.43 Å². The molecule has 0 N–H and O–H groups in total. The van der Waals surface area contributed by atoms with E-state index in [1.165, 1.54) is 17.0 Å². The van der Waals surface area contributed by atoms with Crippen LogP contribution in [0.5, 0.6) is 0 Å². The van der Waals surface area contributed by atoms with Gasteiger partial charge in [-0.3, -0.25) is 24.6 Å². The number of nitro benzene ring substituents is 1. The second kappa shape index (κ2) is 7.38. The first-order valence-corrected chi connectivity index (χ1v) is 10.4. The third kappa shape index (κ3) is 3.09. The topological polar surface area (TPSA) is 107 Å². The molecule has 1 amide bonds. The summed E-state index contributed by atoms with van der Waals surface area (Å²) in [7, 11) is 0. The number of aryl methyl sites for hydroxylation is 1. The van der Waals surface area contributed by atoms with Gasteiger partial charge in [-0.05, 0) is 55.0 Å². The maximum Gasteiger partial charge on any atom is 0.296 e. The lowest BCUT2D eigenvalue weighted by atomic mass is 9.98. The van der Waals surface area contributed by atoms with Crippen LogP contribution in [-0.2, 0) is 0 Å². The van der Waals surface area contributed by atoms with Gasteiger partial charge >= 0.3 is 0 Å². The number of carbonyl (C=O) groups is 1. The molecule has 5 rings (SSSR count). The fourth-order valence-corrected chi connectivity index (χ4v) is 4.30. The normalized spacial score (nSPS) is 15.2. The van der Waals surface area contributed by atoms with Gasteiger partial charge in [0.05, 0.1) is 21.9 Å². The maximum atomic E-state index is 13.5. The average molecular weight is 492 g/mol. The van der Waals surface area contributed by atoms with Gasteiger partial charge in [-0.15, -0.1) is 0 Å². The molecule has 4 aromatic rings. The Morgan fingerprint density at radius 2 is 1.84 bits per heavy atom. The van der Waals surface area contributed by atoms with Crippen LogP contribution in [0.15, 0.2) is 74.3 Å². The lowest BCUT2D eigenvalue weighted by Gasteiger charge is -2.24.